The van der Waals surface area contributed by atoms with Crippen LogP contribution in [-0.4, -0.2) is 11.1 Å². The van der Waals surface area contributed by atoms with Gasteiger partial charge in [-0.3, -0.25) is 0 Å². The van der Waals surface area contributed by atoms with Crippen molar-refractivity contribution < 1.29 is 9.90 Å². The largest absolute Gasteiger partial charge is 0.477 e. The first-order valence-corrected chi connectivity index (χ1v) is 7.65. The van der Waals surface area contributed by atoms with Crippen LogP contribution in [0.25, 0.3) is 0 Å². The first kappa shape index (κ1) is 14.6. The fourth-order valence-corrected chi connectivity index (χ4v) is 2.73. The lowest BCUT2D eigenvalue weighted by Crippen LogP contribution is -1.97. The minimum absolute atomic E-state index is 0.386. The summed E-state index contributed by atoms with van der Waals surface area (Å²) in [4.78, 5) is 12.2. The van der Waals surface area contributed by atoms with E-state index in [4.69, 9.17) is 5.11 Å². The molecule has 1 aromatic carbocycles. The number of rotatable bonds is 7. The molecule has 1 aromatic heterocycles. The van der Waals surface area contributed by atoms with E-state index in [9.17, 15) is 4.79 Å². The highest BCUT2D eigenvalue weighted by atomic mass is 32.1. The van der Waals surface area contributed by atoms with Crippen LogP contribution in [0, 0.1) is 0 Å². The number of hydrogen-bond acceptors (Lipinski definition) is 3. The fourth-order valence-electron chi connectivity index (χ4n) is 1.95. The van der Waals surface area contributed by atoms with Crippen LogP contribution in [0.1, 0.15) is 39.9 Å². The second-order valence-corrected chi connectivity index (χ2v) is 5.89. The molecule has 0 bridgehead atoms. The molecule has 0 saturated carbocycles. The maximum atomic E-state index is 10.8. The highest BCUT2D eigenvalue weighted by molar-refractivity contribution is 7.13. The van der Waals surface area contributed by atoms with Crippen molar-refractivity contribution in [1.29, 1.82) is 0 Å². The summed E-state index contributed by atoms with van der Waals surface area (Å²) in [6, 6.07) is 12.0. The highest BCUT2D eigenvalue weighted by Gasteiger charge is 2.06. The Balaban J connectivity index is 1.88. The van der Waals surface area contributed by atoms with Crippen LogP contribution in [0.4, 0.5) is 5.69 Å². The van der Waals surface area contributed by atoms with Crippen LogP contribution in [0.2, 0.25) is 0 Å². The van der Waals surface area contributed by atoms with Gasteiger partial charge in [0.2, 0.25) is 0 Å². The lowest BCUT2D eigenvalue weighted by atomic mass is 10.1. The van der Waals surface area contributed by atoms with Gasteiger partial charge in [0.05, 0.1) is 0 Å². The van der Waals surface area contributed by atoms with E-state index in [2.05, 4.69) is 36.5 Å². The molecule has 0 saturated heterocycles. The minimum atomic E-state index is -0.860. The molecule has 2 N–H and O–H groups in total. The quantitative estimate of drug-likeness (QED) is 0.794. The number of carbonyl (C=O) groups is 1. The van der Waals surface area contributed by atoms with Crippen molar-refractivity contribution in [3.63, 3.8) is 0 Å². The van der Waals surface area contributed by atoms with Gasteiger partial charge in [0.15, 0.2) is 0 Å². The smallest absolute Gasteiger partial charge is 0.345 e. The second kappa shape index (κ2) is 7.10. The number of thiophene rings is 1. The third-order valence-electron chi connectivity index (χ3n) is 3.11. The van der Waals surface area contributed by atoms with E-state index >= 15 is 0 Å². The summed E-state index contributed by atoms with van der Waals surface area (Å²) in [7, 11) is 0. The summed E-state index contributed by atoms with van der Waals surface area (Å²) in [5.41, 5.74) is 2.43. The van der Waals surface area contributed by atoms with Gasteiger partial charge < -0.3 is 10.4 Å². The van der Waals surface area contributed by atoms with Crippen molar-refractivity contribution in [1.82, 2.24) is 0 Å². The monoisotopic (exact) mass is 289 g/mol. The molecule has 20 heavy (non-hydrogen) atoms. The van der Waals surface area contributed by atoms with Gasteiger partial charge in [-0.1, -0.05) is 25.5 Å². The molecule has 2 aromatic rings. The predicted octanol–water partition coefficient (Wildman–Crippen LogP) is 4.40. The van der Waals surface area contributed by atoms with Gasteiger partial charge in [-0.05, 0) is 42.7 Å². The number of benzene rings is 1. The van der Waals surface area contributed by atoms with Crippen molar-refractivity contribution in [2.45, 2.75) is 32.7 Å². The van der Waals surface area contributed by atoms with Gasteiger partial charge in [-0.15, -0.1) is 11.3 Å². The van der Waals surface area contributed by atoms with Gasteiger partial charge >= 0.3 is 5.97 Å². The molecule has 4 heteroatoms. The molecular formula is C16H19NO2S. The number of carboxylic acid groups (broad SMARTS) is 1. The van der Waals surface area contributed by atoms with Gasteiger partial charge in [-0.25, -0.2) is 4.79 Å². The first-order chi connectivity index (χ1) is 9.69. The normalized spacial score (nSPS) is 10.4. The molecule has 3 nitrogen and oxygen atoms in total. The Morgan fingerprint density at radius 2 is 1.95 bits per heavy atom. The topological polar surface area (TPSA) is 49.3 Å². The highest BCUT2D eigenvalue weighted by Crippen LogP contribution is 2.18. The Bertz CT molecular complexity index is 560. The van der Waals surface area contributed by atoms with E-state index in [0.29, 0.717) is 11.4 Å². The van der Waals surface area contributed by atoms with E-state index in [1.54, 1.807) is 6.07 Å². The summed E-state index contributed by atoms with van der Waals surface area (Å²) >= 11 is 1.31. The zero-order chi connectivity index (χ0) is 14.4. The van der Waals surface area contributed by atoms with Crippen LogP contribution in [0.15, 0.2) is 36.4 Å². The standard InChI is InChI=1S/C16H19NO2S/c1-2-3-4-12-5-7-13(8-6-12)17-11-14-9-10-15(20-14)16(18)19/h5-10,17H,2-4,11H2,1H3,(H,18,19). The Labute approximate surface area is 123 Å². The summed E-state index contributed by atoms with van der Waals surface area (Å²) in [6.07, 6.45) is 3.56. The number of hydrogen-bond donors (Lipinski definition) is 2. The van der Waals surface area contributed by atoms with Crippen LogP contribution >= 0.6 is 11.3 Å². The summed E-state index contributed by atoms with van der Waals surface area (Å²) in [5.74, 6) is -0.860. The molecule has 0 atom stereocenters. The molecule has 0 spiro atoms. The Morgan fingerprint density at radius 1 is 1.20 bits per heavy atom. The Hall–Kier alpha value is -1.81. The van der Waals surface area contributed by atoms with Crippen LogP contribution in [0.3, 0.4) is 0 Å². The molecule has 0 aliphatic rings. The van der Waals surface area contributed by atoms with E-state index in [1.807, 2.05) is 6.07 Å². The number of aromatic carboxylic acids is 1. The molecule has 0 unspecified atom stereocenters. The summed E-state index contributed by atoms with van der Waals surface area (Å²) in [5, 5.41) is 12.2. The number of nitrogens with one attached hydrogen (secondary N) is 1. The molecule has 0 aliphatic carbocycles. The third-order valence-corrected chi connectivity index (χ3v) is 4.19. The maximum absolute atomic E-state index is 10.8. The molecule has 2 rings (SSSR count). The molecule has 0 radical (unpaired) electrons. The number of carboxylic acids is 1. The molecular weight excluding hydrogens is 270 g/mol. The van der Waals surface area contributed by atoms with Crippen LogP contribution < -0.4 is 5.32 Å². The summed E-state index contributed by atoms with van der Waals surface area (Å²) in [6.45, 7) is 2.86. The zero-order valence-electron chi connectivity index (χ0n) is 11.6. The van der Waals surface area contributed by atoms with E-state index in [-0.39, 0.29) is 0 Å². The van der Waals surface area contributed by atoms with E-state index < -0.39 is 5.97 Å². The van der Waals surface area contributed by atoms with Crippen LogP contribution in [0.5, 0.6) is 0 Å². The lowest BCUT2D eigenvalue weighted by Gasteiger charge is -2.06. The summed E-state index contributed by atoms with van der Waals surface area (Å²) < 4.78 is 0. The minimum Gasteiger partial charge on any atom is -0.477 e. The van der Waals surface area contributed by atoms with Gasteiger partial charge in [-0.2, -0.15) is 0 Å². The molecule has 0 fully saturated rings. The van der Waals surface area contributed by atoms with E-state index in [0.717, 1.165) is 17.0 Å². The fraction of sp³-hybridized carbons (Fsp3) is 0.312. The van der Waals surface area contributed by atoms with Crippen molar-refractivity contribution in [3.8, 4) is 0 Å². The van der Waals surface area contributed by atoms with Crippen molar-refractivity contribution >= 4 is 23.0 Å². The maximum Gasteiger partial charge on any atom is 0.345 e. The molecule has 0 aliphatic heterocycles. The zero-order valence-corrected chi connectivity index (χ0v) is 12.4. The van der Waals surface area contributed by atoms with E-state index in [1.165, 1.54) is 29.7 Å². The van der Waals surface area contributed by atoms with Crippen LogP contribution in [-0.2, 0) is 13.0 Å². The van der Waals surface area contributed by atoms with Gasteiger partial charge in [0, 0.05) is 17.1 Å². The van der Waals surface area contributed by atoms with Crippen molar-refractivity contribution in [3.05, 3.63) is 51.7 Å². The molecule has 1 heterocycles. The van der Waals surface area contributed by atoms with Crippen molar-refractivity contribution in [2.24, 2.45) is 0 Å². The Morgan fingerprint density at radius 3 is 2.55 bits per heavy atom. The predicted molar refractivity (Wildman–Crippen MR) is 83.7 cm³/mol. The van der Waals surface area contributed by atoms with Crippen molar-refractivity contribution in [2.75, 3.05) is 5.32 Å². The molecule has 106 valence electrons. The average Bonchev–Trinajstić information content (AvgIpc) is 2.93. The number of anilines is 1. The number of aryl methyl sites for hydroxylation is 1. The lowest BCUT2D eigenvalue weighted by molar-refractivity contribution is 0.0702. The number of unbranched alkanes of at least 4 members (excludes halogenated alkanes) is 1. The molecule has 0 amide bonds. The first-order valence-electron chi connectivity index (χ1n) is 6.84. The Kier molecular flexibility index (Phi) is 5.18. The van der Waals surface area contributed by atoms with Gasteiger partial charge in [0.1, 0.15) is 4.88 Å². The average molecular weight is 289 g/mol. The SMILES string of the molecule is CCCCc1ccc(NCc2ccc(C(=O)O)s2)cc1. The second-order valence-electron chi connectivity index (χ2n) is 4.73. The van der Waals surface area contributed by atoms with Gasteiger partial charge in [0.25, 0.3) is 0 Å². The third kappa shape index (κ3) is 4.10.